The van der Waals surface area contributed by atoms with Crippen molar-refractivity contribution < 1.29 is 4.42 Å². The number of aromatic nitrogens is 4. The maximum Gasteiger partial charge on any atom is 0.247 e. The Bertz CT molecular complexity index is 951. The van der Waals surface area contributed by atoms with Crippen molar-refractivity contribution in [3.05, 3.63) is 58.9 Å². The molecule has 5 nitrogen and oxygen atoms in total. The summed E-state index contributed by atoms with van der Waals surface area (Å²) in [6.45, 7) is 0. The van der Waals surface area contributed by atoms with Crippen LogP contribution in [-0.2, 0) is 5.75 Å². The molecule has 2 aromatic carbocycles. The molecule has 0 saturated heterocycles. The minimum Gasteiger partial charge on any atom is -0.420 e. The molecule has 1 N–H and O–H groups in total. The average molecular weight is 387 g/mol. The largest absolute Gasteiger partial charge is 0.420 e. The first-order chi connectivity index (χ1) is 11.3. The number of H-pyrrole nitrogens is 1. The second-order valence-electron chi connectivity index (χ2n) is 4.86. The number of rotatable bonds is 4. The number of nitrogens with one attached hydrogen (secondary N) is 1. The van der Waals surface area contributed by atoms with E-state index in [2.05, 4.69) is 36.1 Å². The summed E-state index contributed by atoms with van der Waals surface area (Å²) in [5.41, 5.74) is 2.86. The predicted octanol–water partition coefficient (Wildman–Crippen LogP) is 4.67. The number of halogens is 1. The fourth-order valence-electron chi connectivity index (χ4n) is 2.17. The number of nitrogens with zero attached hydrogens (tertiary/aromatic N) is 3. The van der Waals surface area contributed by atoms with Crippen LogP contribution in [0.1, 0.15) is 5.89 Å². The Hall–Kier alpha value is -2.12. The number of aromatic amines is 1. The van der Waals surface area contributed by atoms with Gasteiger partial charge in [-0.2, -0.15) is 0 Å². The molecule has 0 bridgehead atoms. The van der Waals surface area contributed by atoms with Crippen LogP contribution in [-0.4, -0.2) is 20.2 Å². The zero-order valence-electron chi connectivity index (χ0n) is 11.9. The zero-order chi connectivity index (χ0) is 15.6. The van der Waals surface area contributed by atoms with Crippen molar-refractivity contribution in [3.63, 3.8) is 0 Å². The maximum atomic E-state index is 5.69. The Balaban J connectivity index is 1.49. The van der Waals surface area contributed by atoms with Crippen molar-refractivity contribution >= 4 is 38.7 Å². The van der Waals surface area contributed by atoms with E-state index < -0.39 is 0 Å². The van der Waals surface area contributed by atoms with Crippen molar-refractivity contribution in [2.24, 2.45) is 0 Å². The lowest BCUT2D eigenvalue weighted by Gasteiger charge is -1.93. The standard InChI is InChI=1S/C16H11BrN4OS/c17-11-6-7-12-13(8-11)19-16(18-12)23-9-14-20-21-15(22-14)10-4-2-1-3-5-10/h1-8H,9H2,(H,18,19). The summed E-state index contributed by atoms with van der Waals surface area (Å²) in [4.78, 5) is 7.81. The summed E-state index contributed by atoms with van der Waals surface area (Å²) in [6, 6.07) is 15.7. The van der Waals surface area contributed by atoms with Gasteiger partial charge in [0.15, 0.2) is 5.16 Å². The Morgan fingerprint density at radius 3 is 2.83 bits per heavy atom. The number of fused-ring (bicyclic) bond motifs is 1. The van der Waals surface area contributed by atoms with Crippen LogP contribution >= 0.6 is 27.7 Å². The molecule has 0 spiro atoms. The van der Waals surface area contributed by atoms with Gasteiger partial charge in [-0.15, -0.1) is 10.2 Å². The first-order valence-corrected chi connectivity index (χ1v) is 8.72. The van der Waals surface area contributed by atoms with Crippen LogP contribution in [0, 0.1) is 0 Å². The minimum atomic E-state index is 0.537. The number of hydrogen-bond donors (Lipinski definition) is 1. The van der Waals surface area contributed by atoms with Gasteiger partial charge < -0.3 is 9.40 Å². The molecule has 0 aliphatic carbocycles. The van der Waals surface area contributed by atoms with Crippen LogP contribution in [0.15, 0.2) is 62.6 Å². The van der Waals surface area contributed by atoms with Crippen LogP contribution in [0.4, 0.5) is 0 Å². The third-order valence-electron chi connectivity index (χ3n) is 3.24. The topological polar surface area (TPSA) is 67.6 Å². The summed E-state index contributed by atoms with van der Waals surface area (Å²) in [7, 11) is 0. The van der Waals surface area contributed by atoms with Crippen LogP contribution in [0.3, 0.4) is 0 Å². The van der Waals surface area contributed by atoms with E-state index >= 15 is 0 Å². The quantitative estimate of drug-likeness (QED) is 0.516. The van der Waals surface area contributed by atoms with Crippen molar-refractivity contribution in [2.75, 3.05) is 0 Å². The van der Waals surface area contributed by atoms with Gasteiger partial charge in [-0.3, -0.25) is 0 Å². The van der Waals surface area contributed by atoms with E-state index in [0.29, 0.717) is 17.5 Å². The van der Waals surface area contributed by atoms with Crippen molar-refractivity contribution in [2.45, 2.75) is 10.9 Å². The highest BCUT2D eigenvalue weighted by Gasteiger charge is 2.10. The van der Waals surface area contributed by atoms with Gasteiger partial charge in [0.05, 0.1) is 16.8 Å². The highest BCUT2D eigenvalue weighted by molar-refractivity contribution is 9.10. The smallest absolute Gasteiger partial charge is 0.247 e. The van der Waals surface area contributed by atoms with Crippen LogP contribution in [0.5, 0.6) is 0 Å². The van der Waals surface area contributed by atoms with E-state index in [0.717, 1.165) is 26.2 Å². The normalized spacial score (nSPS) is 11.2. The monoisotopic (exact) mass is 386 g/mol. The number of hydrogen-bond acceptors (Lipinski definition) is 5. The summed E-state index contributed by atoms with van der Waals surface area (Å²) >= 11 is 4.99. The minimum absolute atomic E-state index is 0.537. The molecular weight excluding hydrogens is 376 g/mol. The van der Waals surface area contributed by atoms with Crippen molar-refractivity contribution in [1.29, 1.82) is 0 Å². The molecule has 0 fully saturated rings. The molecular formula is C16H11BrN4OS. The number of thioether (sulfide) groups is 1. The molecule has 114 valence electrons. The molecule has 7 heteroatoms. The van der Waals surface area contributed by atoms with Gasteiger partial charge >= 0.3 is 0 Å². The zero-order valence-corrected chi connectivity index (χ0v) is 14.3. The third-order valence-corrected chi connectivity index (χ3v) is 4.59. The van der Waals surface area contributed by atoms with Gasteiger partial charge in [0.25, 0.3) is 0 Å². The van der Waals surface area contributed by atoms with Crippen LogP contribution in [0.2, 0.25) is 0 Å². The fraction of sp³-hybridized carbons (Fsp3) is 0.0625. The number of imidazole rings is 1. The number of benzene rings is 2. The van der Waals surface area contributed by atoms with Gasteiger partial charge in [-0.25, -0.2) is 4.98 Å². The van der Waals surface area contributed by atoms with E-state index in [1.54, 1.807) is 0 Å². The molecule has 0 atom stereocenters. The first-order valence-electron chi connectivity index (χ1n) is 6.94. The lowest BCUT2D eigenvalue weighted by Crippen LogP contribution is -1.81. The SMILES string of the molecule is Brc1ccc2nc(SCc3nnc(-c4ccccc4)o3)[nH]c2c1. The Kier molecular flexibility index (Phi) is 3.88. The van der Waals surface area contributed by atoms with Gasteiger partial charge in [-0.1, -0.05) is 45.9 Å². The predicted molar refractivity (Wildman–Crippen MR) is 93.1 cm³/mol. The Labute approximate surface area is 144 Å². The van der Waals surface area contributed by atoms with Gasteiger partial charge in [0.2, 0.25) is 11.8 Å². The molecule has 2 aromatic heterocycles. The molecule has 0 radical (unpaired) electrons. The molecule has 0 aliphatic rings. The first kappa shape index (κ1) is 14.5. The molecule has 0 saturated carbocycles. The fourth-order valence-corrected chi connectivity index (χ4v) is 3.25. The summed E-state index contributed by atoms with van der Waals surface area (Å²) in [5.74, 6) is 1.69. The van der Waals surface area contributed by atoms with E-state index in [1.165, 1.54) is 11.8 Å². The third kappa shape index (κ3) is 3.16. The summed E-state index contributed by atoms with van der Waals surface area (Å²) in [6.07, 6.45) is 0. The van der Waals surface area contributed by atoms with Gasteiger partial charge in [0, 0.05) is 10.0 Å². The van der Waals surface area contributed by atoms with E-state index in [1.807, 2.05) is 48.5 Å². The average Bonchev–Trinajstić information content (AvgIpc) is 3.20. The van der Waals surface area contributed by atoms with Crippen molar-refractivity contribution in [1.82, 2.24) is 20.2 Å². The summed E-state index contributed by atoms with van der Waals surface area (Å²) in [5, 5.41) is 9.01. The molecule has 23 heavy (non-hydrogen) atoms. The summed E-state index contributed by atoms with van der Waals surface area (Å²) < 4.78 is 6.72. The van der Waals surface area contributed by atoms with E-state index in [-0.39, 0.29) is 0 Å². The second kappa shape index (κ2) is 6.17. The molecule has 0 unspecified atom stereocenters. The van der Waals surface area contributed by atoms with Crippen LogP contribution in [0.25, 0.3) is 22.5 Å². The lowest BCUT2D eigenvalue weighted by atomic mass is 10.2. The molecule has 4 rings (SSSR count). The molecule has 4 aromatic rings. The van der Waals surface area contributed by atoms with E-state index in [9.17, 15) is 0 Å². The van der Waals surface area contributed by atoms with E-state index in [4.69, 9.17) is 4.42 Å². The van der Waals surface area contributed by atoms with Gasteiger partial charge in [0.1, 0.15) is 0 Å². The van der Waals surface area contributed by atoms with Gasteiger partial charge in [-0.05, 0) is 30.3 Å². The maximum absolute atomic E-state index is 5.69. The second-order valence-corrected chi connectivity index (χ2v) is 6.74. The Morgan fingerprint density at radius 2 is 1.96 bits per heavy atom. The van der Waals surface area contributed by atoms with Crippen LogP contribution < -0.4 is 0 Å². The lowest BCUT2D eigenvalue weighted by molar-refractivity contribution is 0.528. The highest BCUT2D eigenvalue weighted by Crippen LogP contribution is 2.25. The molecule has 2 heterocycles. The molecule has 0 aliphatic heterocycles. The van der Waals surface area contributed by atoms with Crippen molar-refractivity contribution in [3.8, 4) is 11.5 Å². The highest BCUT2D eigenvalue weighted by atomic mass is 79.9. The Morgan fingerprint density at radius 1 is 1.09 bits per heavy atom. The molecule has 0 amide bonds.